The molecule has 5 heteroatoms. The van der Waals surface area contributed by atoms with Gasteiger partial charge in [-0.15, -0.1) is 0 Å². The van der Waals surface area contributed by atoms with Crippen LogP contribution in [0, 0.1) is 0 Å². The number of aliphatic hydroxyl groups excluding tert-OH is 1. The van der Waals surface area contributed by atoms with Crippen LogP contribution < -0.4 is 0 Å². The molecule has 0 radical (unpaired) electrons. The lowest BCUT2D eigenvalue weighted by atomic mass is 9.72. The Labute approximate surface area is 168 Å². The summed E-state index contributed by atoms with van der Waals surface area (Å²) in [7, 11) is 0. The summed E-state index contributed by atoms with van der Waals surface area (Å²) in [4.78, 5) is 9.38. The van der Waals surface area contributed by atoms with Crippen molar-refractivity contribution in [3.63, 3.8) is 0 Å². The SMILES string of the molecule is CCn1cncc1CN1CCC2(CC1)c1ccccc1[C@@H](N1CCCC1)[C@@H]2O. The van der Waals surface area contributed by atoms with E-state index >= 15 is 0 Å². The molecule has 1 aromatic heterocycles. The first kappa shape index (κ1) is 18.3. The summed E-state index contributed by atoms with van der Waals surface area (Å²) in [5.74, 6) is 0. The minimum atomic E-state index is -0.286. The zero-order chi connectivity index (χ0) is 19.1. The Balaban J connectivity index is 1.37. The predicted molar refractivity (Wildman–Crippen MR) is 110 cm³/mol. The van der Waals surface area contributed by atoms with Crippen LogP contribution >= 0.6 is 0 Å². The van der Waals surface area contributed by atoms with Crippen LogP contribution in [0.2, 0.25) is 0 Å². The van der Waals surface area contributed by atoms with Gasteiger partial charge in [0.15, 0.2) is 0 Å². The molecule has 0 bridgehead atoms. The van der Waals surface area contributed by atoms with Gasteiger partial charge in [0.25, 0.3) is 0 Å². The average molecular weight is 381 g/mol. The van der Waals surface area contributed by atoms with Gasteiger partial charge in [0, 0.05) is 24.7 Å². The molecule has 1 aromatic carbocycles. The van der Waals surface area contributed by atoms with Crippen molar-refractivity contribution >= 4 is 0 Å². The number of aryl methyl sites for hydroxylation is 1. The van der Waals surface area contributed by atoms with E-state index in [1.807, 2.05) is 12.5 Å². The minimum absolute atomic E-state index is 0.0780. The number of fused-ring (bicyclic) bond motifs is 2. The van der Waals surface area contributed by atoms with Crippen LogP contribution in [0.5, 0.6) is 0 Å². The van der Waals surface area contributed by atoms with Crippen LogP contribution in [0.15, 0.2) is 36.8 Å². The molecule has 0 saturated carbocycles. The molecule has 0 amide bonds. The highest BCUT2D eigenvalue weighted by molar-refractivity contribution is 5.45. The second kappa shape index (κ2) is 7.29. The van der Waals surface area contributed by atoms with E-state index in [1.165, 1.54) is 29.7 Å². The van der Waals surface area contributed by atoms with Crippen LogP contribution in [-0.4, -0.2) is 56.7 Å². The van der Waals surface area contributed by atoms with Gasteiger partial charge in [-0.25, -0.2) is 4.98 Å². The molecule has 2 aromatic rings. The molecular weight excluding hydrogens is 348 g/mol. The molecule has 2 atom stereocenters. The van der Waals surface area contributed by atoms with Crippen molar-refractivity contribution in [2.24, 2.45) is 0 Å². The van der Waals surface area contributed by atoms with Gasteiger partial charge in [0.1, 0.15) is 0 Å². The predicted octanol–water partition coefficient (Wildman–Crippen LogP) is 2.95. The van der Waals surface area contributed by atoms with Gasteiger partial charge in [0.2, 0.25) is 0 Å². The summed E-state index contributed by atoms with van der Waals surface area (Å²) >= 11 is 0. The van der Waals surface area contributed by atoms with E-state index in [0.29, 0.717) is 0 Å². The molecule has 1 spiro atoms. The Bertz CT molecular complexity index is 818. The van der Waals surface area contributed by atoms with Crippen molar-refractivity contribution in [2.75, 3.05) is 26.2 Å². The molecule has 1 aliphatic carbocycles. The molecular formula is C23H32N4O. The van der Waals surface area contributed by atoms with Gasteiger partial charge in [-0.2, -0.15) is 0 Å². The van der Waals surface area contributed by atoms with E-state index in [1.54, 1.807) is 0 Å². The summed E-state index contributed by atoms with van der Waals surface area (Å²) in [6, 6.07) is 9.05. The standard InChI is InChI=1S/C23H32N4O/c1-2-26-17-24-15-18(26)16-25-13-9-23(10-14-25)20-8-4-3-7-19(20)21(22(23)28)27-11-5-6-12-27/h3-4,7-8,15,17,21-22,28H,2,5-6,9-14,16H2,1H3/t21-,22+/m1/s1. The molecule has 5 rings (SSSR count). The number of imidazole rings is 1. The van der Waals surface area contributed by atoms with E-state index in [4.69, 9.17) is 0 Å². The normalized spacial score (nSPS) is 27.5. The van der Waals surface area contributed by atoms with Crippen molar-refractivity contribution in [1.82, 2.24) is 19.4 Å². The summed E-state index contributed by atoms with van der Waals surface area (Å²) in [5.41, 5.74) is 4.01. The van der Waals surface area contributed by atoms with Crippen LogP contribution in [-0.2, 0) is 18.5 Å². The fourth-order valence-electron chi connectivity index (χ4n) is 5.93. The number of rotatable bonds is 4. The van der Waals surface area contributed by atoms with Crippen molar-refractivity contribution in [2.45, 2.75) is 63.3 Å². The Morgan fingerprint density at radius 2 is 1.86 bits per heavy atom. The number of hydrogen-bond donors (Lipinski definition) is 1. The number of hydrogen-bond acceptors (Lipinski definition) is 4. The number of aromatic nitrogens is 2. The first-order valence-corrected chi connectivity index (χ1v) is 11.0. The van der Waals surface area contributed by atoms with Crippen LogP contribution in [0.3, 0.4) is 0 Å². The van der Waals surface area contributed by atoms with Gasteiger partial charge in [0.05, 0.1) is 24.2 Å². The maximum absolute atomic E-state index is 11.6. The Kier molecular flexibility index (Phi) is 4.77. The second-order valence-electron chi connectivity index (χ2n) is 8.82. The summed E-state index contributed by atoms with van der Waals surface area (Å²) in [6.45, 7) is 8.41. The maximum Gasteiger partial charge on any atom is 0.0948 e. The number of aliphatic hydroxyl groups is 1. The highest BCUT2D eigenvalue weighted by Crippen LogP contribution is 2.53. The first-order chi connectivity index (χ1) is 13.7. The van der Waals surface area contributed by atoms with Gasteiger partial charge in [-0.3, -0.25) is 9.80 Å². The Morgan fingerprint density at radius 3 is 2.61 bits per heavy atom. The van der Waals surface area contributed by atoms with E-state index in [0.717, 1.165) is 52.1 Å². The average Bonchev–Trinajstić information content (AvgIpc) is 3.45. The molecule has 2 aliphatic heterocycles. The van der Waals surface area contributed by atoms with Gasteiger partial charge < -0.3 is 9.67 Å². The number of nitrogens with zero attached hydrogens (tertiary/aromatic N) is 4. The van der Waals surface area contributed by atoms with E-state index < -0.39 is 0 Å². The zero-order valence-electron chi connectivity index (χ0n) is 16.9. The zero-order valence-corrected chi connectivity index (χ0v) is 16.9. The Hall–Kier alpha value is -1.69. The monoisotopic (exact) mass is 380 g/mol. The molecule has 0 unspecified atom stereocenters. The molecule has 2 saturated heterocycles. The first-order valence-electron chi connectivity index (χ1n) is 11.0. The smallest absolute Gasteiger partial charge is 0.0948 e. The molecule has 5 nitrogen and oxygen atoms in total. The highest BCUT2D eigenvalue weighted by atomic mass is 16.3. The molecule has 2 fully saturated rings. The molecule has 28 heavy (non-hydrogen) atoms. The lowest BCUT2D eigenvalue weighted by molar-refractivity contribution is -0.0107. The molecule has 1 N–H and O–H groups in total. The van der Waals surface area contributed by atoms with Crippen LogP contribution in [0.25, 0.3) is 0 Å². The largest absolute Gasteiger partial charge is 0.390 e. The fraction of sp³-hybridized carbons (Fsp3) is 0.609. The second-order valence-corrected chi connectivity index (χ2v) is 8.82. The Morgan fingerprint density at radius 1 is 1.11 bits per heavy atom. The third-order valence-corrected chi connectivity index (χ3v) is 7.49. The lowest BCUT2D eigenvalue weighted by Gasteiger charge is -2.43. The lowest BCUT2D eigenvalue weighted by Crippen LogP contribution is -2.49. The van der Waals surface area contributed by atoms with E-state index in [-0.39, 0.29) is 17.6 Å². The molecule has 150 valence electrons. The van der Waals surface area contributed by atoms with Gasteiger partial charge in [-0.05, 0) is 69.9 Å². The quantitative estimate of drug-likeness (QED) is 0.886. The summed E-state index contributed by atoms with van der Waals surface area (Å²) in [6.07, 6.45) is 8.24. The van der Waals surface area contributed by atoms with Crippen LogP contribution in [0.4, 0.5) is 0 Å². The minimum Gasteiger partial charge on any atom is -0.390 e. The molecule has 3 heterocycles. The van der Waals surface area contributed by atoms with Gasteiger partial charge in [-0.1, -0.05) is 24.3 Å². The van der Waals surface area contributed by atoms with Crippen molar-refractivity contribution in [1.29, 1.82) is 0 Å². The number of piperidine rings is 1. The third kappa shape index (κ3) is 2.83. The summed E-state index contributed by atoms with van der Waals surface area (Å²) < 4.78 is 2.23. The highest BCUT2D eigenvalue weighted by Gasteiger charge is 2.54. The van der Waals surface area contributed by atoms with Gasteiger partial charge >= 0.3 is 0 Å². The topological polar surface area (TPSA) is 44.5 Å². The number of benzene rings is 1. The van der Waals surface area contributed by atoms with E-state index in [2.05, 4.69) is 50.5 Å². The molecule has 3 aliphatic rings. The fourth-order valence-corrected chi connectivity index (χ4v) is 5.93. The van der Waals surface area contributed by atoms with Crippen molar-refractivity contribution < 1.29 is 5.11 Å². The third-order valence-electron chi connectivity index (χ3n) is 7.49. The van der Waals surface area contributed by atoms with Crippen LogP contribution in [0.1, 0.15) is 55.5 Å². The maximum atomic E-state index is 11.6. The van der Waals surface area contributed by atoms with Crippen molar-refractivity contribution in [3.8, 4) is 0 Å². The number of likely N-dealkylation sites (tertiary alicyclic amines) is 2. The summed E-state index contributed by atoms with van der Waals surface area (Å²) in [5, 5.41) is 11.6. The van der Waals surface area contributed by atoms with Crippen molar-refractivity contribution in [3.05, 3.63) is 53.6 Å². The van der Waals surface area contributed by atoms with E-state index in [9.17, 15) is 5.11 Å².